The number of benzene rings is 5. The van der Waals surface area contributed by atoms with Crippen LogP contribution in [0.5, 0.6) is 0 Å². The summed E-state index contributed by atoms with van der Waals surface area (Å²) in [5.74, 6) is 0. The van der Waals surface area contributed by atoms with Crippen LogP contribution >= 0.6 is 0 Å². The first-order valence-corrected chi connectivity index (χ1v) is 14.5. The number of anilines is 5. The molecule has 0 fully saturated rings. The van der Waals surface area contributed by atoms with E-state index in [0.717, 1.165) is 35.8 Å². The molecule has 6 aromatic rings. The second kappa shape index (κ2) is 10.3. The molecule has 5 heteroatoms. The number of para-hydroxylation sites is 5. The molecule has 1 aromatic heterocycles. The second-order valence-electron chi connectivity index (χ2n) is 11.0. The van der Waals surface area contributed by atoms with Gasteiger partial charge in [0, 0.05) is 29.3 Å². The standard InChI is InChI=1S/C37H31N5/c1-2-13-29-26(10-1)20-21-38-34(29)23-33-28-12-9-11-27(22-28)30-14-3-4-15-31(30)39-24-41-25-42(37-19-8-7-18-36(37)41)35-17-6-5-16-32(35)40-33/h1-22,33,39-40H,23-25H2. The summed E-state index contributed by atoms with van der Waals surface area (Å²) in [5.41, 5.74) is 10.6. The highest BCUT2D eigenvalue weighted by Crippen LogP contribution is 2.44. The summed E-state index contributed by atoms with van der Waals surface area (Å²) in [4.78, 5) is 9.71. The van der Waals surface area contributed by atoms with Gasteiger partial charge in [-0.15, -0.1) is 0 Å². The van der Waals surface area contributed by atoms with Gasteiger partial charge in [0.25, 0.3) is 0 Å². The third-order valence-electron chi connectivity index (χ3n) is 8.49. The summed E-state index contributed by atoms with van der Waals surface area (Å²) in [7, 11) is 0. The molecule has 2 N–H and O–H groups in total. The van der Waals surface area contributed by atoms with Crippen LogP contribution in [0.25, 0.3) is 21.9 Å². The molecule has 0 aliphatic carbocycles. The van der Waals surface area contributed by atoms with Gasteiger partial charge >= 0.3 is 0 Å². The van der Waals surface area contributed by atoms with E-state index in [4.69, 9.17) is 4.98 Å². The molecule has 8 rings (SSSR count). The van der Waals surface area contributed by atoms with Crippen molar-refractivity contribution in [3.63, 3.8) is 0 Å². The summed E-state index contributed by atoms with van der Waals surface area (Å²) in [6.07, 6.45) is 2.69. The molecular weight excluding hydrogens is 514 g/mol. The van der Waals surface area contributed by atoms with E-state index in [0.29, 0.717) is 6.67 Å². The maximum Gasteiger partial charge on any atom is 0.0971 e. The second-order valence-corrected chi connectivity index (χ2v) is 11.0. The molecule has 4 bridgehead atoms. The van der Waals surface area contributed by atoms with Crippen LogP contribution in [0.15, 0.2) is 134 Å². The first-order chi connectivity index (χ1) is 20.8. The Morgan fingerprint density at radius 1 is 0.690 bits per heavy atom. The molecule has 1 unspecified atom stereocenters. The van der Waals surface area contributed by atoms with Gasteiger partial charge in [0.05, 0.1) is 47.8 Å². The zero-order valence-corrected chi connectivity index (χ0v) is 23.2. The van der Waals surface area contributed by atoms with Crippen LogP contribution in [0.2, 0.25) is 0 Å². The van der Waals surface area contributed by atoms with Crippen LogP contribution in [0.1, 0.15) is 17.3 Å². The Kier molecular flexibility index (Phi) is 5.99. The molecule has 2 aliphatic rings. The Labute approximate surface area is 246 Å². The Morgan fingerprint density at radius 3 is 2.38 bits per heavy atom. The number of pyridine rings is 1. The normalized spacial score (nSPS) is 15.6. The Morgan fingerprint density at radius 2 is 1.45 bits per heavy atom. The van der Waals surface area contributed by atoms with E-state index in [1.165, 1.54) is 38.8 Å². The highest BCUT2D eigenvalue weighted by atomic mass is 15.4. The summed E-state index contributed by atoms with van der Waals surface area (Å²) >= 11 is 0. The van der Waals surface area contributed by atoms with Gasteiger partial charge in [0.2, 0.25) is 0 Å². The van der Waals surface area contributed by atoms with Crippen molar-refractivity contribution in [1.29, 1.82) is 0 Å². The maximum absolute atomic E-state index is 4.89. The number of fused-ring (bicyclic) bond motifs is 12. The summed E-state index contributed by atoms with van der Waals surface area (Å²) in [5, 5.41) is 10.2. The molecular formula is C37H31N5. The third kappa shape index (κ3) is 4.31. The maximum atomic E-state index is 4.89. The van der Waals surface area contributed by atoms with Crippen molar-refractivity contribution >= 4 is 39.2 Å². The largest absolute Gasteiger partial charge is 0.376 e. The fraction of sp³-hybridized carbons (Fsp3) is 0.108. The highest BCUT2D eigenvalue weighted by molar-refractivity contribution is 5.88. The molecule has 0 saturated carbocycles. The monoisotopic (exact) mass is 545 g/mol. The van der Waals surface area contributed by atoms with E-state index in [-0.39, 0.29) is 6.04 Å². The Hall–Kier alpha value is -5.29. The van der Waals surface area contributed by atoms with E-state index < -0.39 is 0 Å². The lowest BCUT2D eigenvalue weighted by Gasteiger charge is -2.28. The SMILES string of the molecule is c1cc2cc(c1)C(Cc1nccc3ccccc13)Nc1ccccc1N1CN(CNc3ccccc3-2)c2ccccc21. The van der Waals surface area contributed by atoms with Crippen LogP contribution in [0.3, 0.4) is 0 Å². The van der Waals surface area contributed by atoms with Gasteiger partial charge in [0.1, 0.15) is 0 Å². The van der Waals surface area contributed by atoms with Crippen LogP contribution in [-0.4, -0.2) is 18.3 Å². The first kappa shape index (κ1) is 24.5. The number of hydrogen-bond acceptors (Lipinski definition) is 5. The molecule has 204 valence electrons. The van der Waals surface area contributed by atoms with Crippen molar-refractivity contribution in [2.24, 2.45) is 0 Å². The number of aromatic nitrogens is 1. The summed E-state index contributed by atoms with van der Waals surface area (Å²) in [6, 6.07) is 45.6. The fourth-order valence-corrected chi connectivity index (χ4v) is 6.43. The van der Waals surface area contributed by atoms with Gasteiger partial charge in [-0.25, -0.2) is 0 Å². The number of nitrogens with one attached hydrogen (secondary N) is 2. The molecule has 42 heavy (non-hydrogen) atoms. The van der Waals surface area contributed by atoms with Crippen molar-refractivity contribution < 1.29 is 0 Å². The lowest BCUT2D eigenvalue weighted by Crippen LogP contribution is -2.32. The molecule has 5 aromatic carbocycles. The van der Waals surface area contributed by atoms with Crippen molar-refractivity contribution in [3.05, 3.63) is 145 Å². The zero-order valence-electron chi connectivity index (χ0n) is 23.2. The van der Waals surface area contributed by atoms with Crippen molar-refractivity contribution in [2.45, 2.75) is 12.5 Å². The Balaban J connectivity index is 1.31. The number of hydrogen-bond donors (Lipinski definition) is 2. The topological polar surface area (TPSA) is 43.4 Å². The minimum atomic E-state index is 0.00131. The average Bonchev–Trinajstić information content (AvgIpc) is 3.42. The van der Waals surface area contributed by atoms with E-state index >= 15 is 0 Å². The van der Waals surface area contributed by atoms with Gasteiger partial charge < -0.3 is 20.4 Å². The van der Waals surface area contributed by atoms with Crippen molar-refractivity contribution in [2.75, 3.05) is 33.8 Å². The molecule has 1 atom stereocenters. The predicted octanol–water partition coefficient (Wildman–Crippen LogP) is 8.60. The smallest absolute Gasteiger partial charge is 0.0971 e. The molecule has 0 saturated heterocycles. The highest BCUT2D eigenvalue weighted by Gasteiger charge is 2.29. The summed E-state index contributed by atoms with van der Waals surface area (Å²) < 4.78 is 0. The van der Waals surface area contributed by atoms with Gasteiger partial charge in [-0.3, -0.25) is 4.98 Å². The molecule has 0 amide bonds. The van der Waals surface area contributed by atoms with Crippen LogP contribution in [0.4, 0.5) is 28.4 Å². The molecule has 5 nitrogen and oxygen atoms in total. The average molecular weight is 546 g/mol. The minimum Gasteiger partial charge on any atom is -0.376 e. The molecule has 0 radical (unpaired) electrons. The fourth-order valence-electron chi connectivity index (χ4n) is 6.43. The van der Waals surface area contributed by atoms with Crippen LogP contribution in [-0.2, 0) is 6.42 Å². The van der Waals surface area contributed by atoms with E-state index in [1.807, 2.05) is 6.20 Å². The van der Waals surface area contributed by atoms with Crippen LogP contribution in [0, 0.1) is 0 Å². The van der Waals surface area contributed by atoms with Gasteiger partial charge in [-0.1, -0.05) is 84.9 Å². The lowest BCUT2D eigenvalue weighted by atomic mass is 9.94. The lowest BCUT2D eigenvalue weighted by molar-refractivity contribution is 0.761. The Bertz CT molecular complexity index is 1910. The number of rotatable bonds is 2. The molecule has 0 spiro atoms. The summed E-state index contributed by atoms with van der Waals surface area (Å²) in [6.45, 7) is 1.46. The molecule has 3 heterocycles. The predicted molar refractivity (Wildman–Crippen MR) is 175 cm³/mol. The molecule has 2 aliphatic heterocycles. The van der Waals surface area contributed by atoms with Gasteiger partial charge in [-0.05, 0) is 59.0 Å². The van der Waals surface area contributed by atoms with Crippen LogP contribution < -0.4 is 20.4 Å². The van der Waals surface area contributed by atoms with Crippen molar-refractivity contribution in [1.82, 2.24) is 4.98 Å². The van der Waals surface area contributed by atoms with E-state index in [9.17, 15) is 0 Å². The van der Waals surface area contributed by atoms with E-state index in [1.54, 1.807) is 0 Å². The number of nitrogens with zero attached hydrogens (tertiary/aromatic N) is 3. The third-order valence-corrected chi connectivity index (χ3v) is 8.49. The van der Waals surface area contributed by atoms with Gasteiger partial charge in [-0.2, -0.15) is 0 Å². The minimum absolute atomic E-state index is 0.00131. The van der Waals surface area contributed by atoms with Gasteiger partial charge in [0.15, 0.2) is 0 Å². The van der Waals surface area contributed by atoms with Crippen molar-refractivity contribution in [3.8, 4) is 11.1 Å². The zero-order chi connectivity index (χ0) is 27.9. The quantitative estimate of drug-likeness (QED) is 0.228. The first-order valence-electron chi connectivity index (χ1n) is 14.5. The van der Waals surface area contributed by atoms with E-state index in [2.05, 4.69) is 148 Å².